The average Bonchev–Trinajstić information content (AvgIpc) is 3.01. The molecule has 0 radical (unpaired) electrons. The summed E-state index contributed by atoms with van der Waals surface area (Å²) in [4.78, 5) is 29.1. The first-order valence-electron chi connectivity index (χ1n) is 6.39. The van der Waals surface area contributed by atoms with Crippen LogP contribution in [0.5, 0.6) is 0 Å². The molecule has 2 aromatic rings. The van der Waals surface area contributed by atoms with Gasteiger partial charge in [0.15, 0.2) is 11.5 Å². The molecule has 1 fully saturated rings. The highest BCUT2D eigenvalue weighted by molar-refractivity contribution is 7.55. The van der Waals surface area contributed by atoms with E-state index in [0.29, 0.717) is 5.82 Å². The number of nitrogens with zero attached hydrogens (tertiary/aromatic N) is 4. The van der Waals surface area contributed by atoms with Gasteiger partial charge in [0.1, 0.15) is 30.7 Å². The van der Waals surface area contributed by atoms with Gasteiger partial charge in [-0.1, -0.05) is 0 Å². The largest absolute Gasteiger partial charge is 0.385 e. The number of halogens is 1. The van der Waals surface area contributed by atoms with Crippen molar-refractivity contribution in [3.05, 3.63) is 24.5 Å². The van der Waals surface area contributed by atoms with Crippen molar-refractivity contribution in [3.8, 4) is 0 Å². The molecule has 10 nitrogen and oxygen atoms in total. The Morgan fingerprint density at radius 1 is 1.48 bits per heavy atom. The number of rotatable bonds is 3. The van der Waals surface area contributed by atoms with Crippen LogP contribution in [-0.4, -0.2) is 53.2 Å². The van der Waals surface area contributed by atoms with Crippen LogP contribution in [0.3, 0.4) is 0 Å². The molecule has 0 unspecified atom stereocenters. The highest BCUT2D eigenvalue weighted by Crippen LogP contribution is 2.40. The van der Waals surface area contributed by atoms with E-state index in [0.717, 1.165) is 23.3 Å². The number of hydrogen-bond acceptors (Lipinski definition) is 7. The quantitative estimate of drug-likeness (QED) is 0.537. The number of anilines is 1. The third-order valence-electron chi connectivity index (χ3n) is 3.47. The molecule has 1 saturated heterocycles. The van der Waals surface area contributed by atoms with Crippen LogP contribution < -0.4 is 5.73 Å². The zero-order chi connectivity index (χ0) is 16.8. The van der Waals surface area contributed by atoms with Gasteiger partial charge in [0.05, 0.1) is 6.33 Å². The number of fused-ring (bicyclic) bond motifs is 1. The normalized spacial score (nSPS) is 28.9. The molecule has 1 aliphatic heterocycles. The Kier molecular flexibility index (Phi) is 3.69. The molecule has 2 aromatic heterocycles. The number of aromatic nitrogens is 4. The predicted molar refractivity (Wildman–Crippen MR) is 75.7 cm³/mol. The Balaban J connectivity index is 1.97. The number of aliphatic hydroxyl groups excluding tert-OH is 1. The van der Waals surface area contributed by atoms with Crippen LogP contribution >= 0.6 is 7.60 Å². The van der Waals surface area contributed by atoms with Crippen LogP contribution in [0.25, 0.3) is 11.2 Å². The van der Waals surface area contributed by atoms with E-state index in [-0.39, 0.29) is 17.0 Å². The Labute approximate surface area is 128 Å². The Morgan fingerprint density at radius 3 is 2.91 bits per heavy atom. The molecular formula is C11H13FN5O5P. The van der Waals surface area contributed by atoms with E-state index in [4.69, 9.17) is 20.3 Å². The summed E-state index contributed by atoms with van der Waals surface area (Å²) in [7, 11) is -4.44. The highest BCUT2D eigenvalue weighted by Gasteiger charge is 2.51. The van der Waals surface area contributed by atoms with Gasteiger partial charge in [-0.3, -0.25) is 9.13 Å². The Hall–Kier alpha value is -1.91. The average molecular weight is 345 g/mol. The Bertz CT molecular complexity index is 822. The molecule has 3 rings (SSSR count). The molecule has 0 saturated carbocycles. The van der Waals surface area contributed by atoms with Crippen molar-refractivity contribution in [3.63, 3.8) is 0 Å². The highest BCUT2D eigenvalue weighted by atomic mass is 31.2. The first-order valence-corrected chi connectivity index (χ1v) is 8.08. The molecule has 5 N–H and O–H groups in total. The van der Waals surface area contributed by atoms with Crippen LogP contribution in [0.15, 0.2) is 24.5 Å². The molecule has 23 heavy (non-hydrogen) atoms. The van der Waals surface area contributed by atoms with Crippen molar-refractivity contribution in [1.29, 1.82) is 0 Å². The number of aliphatic hydroxyl groups is 1. The second-order valence-electron chi connectivity index (χ2n) is 5.02. The topological polar surface area (TPSA) is 157 Å². The summed E-state index contributed by atoms with van der Waals surface area (Å²) >= 11 is 0. The van der Waals surface area contributed by atoms with Crippen LogP contribution in [0.2, 0.25) is 0 Å². The Morgan fingerprint density at radius 2 is 2.22 bits per heavy atom. The lowest BCUT2D eigenvalue weighted by Crippen LogP contribution is -2.42. The van der Waals surface area contributed by atoms with Gasteiger partial charge >= 0.3 is 7.60 Å². The van der Waals surface area contributed by atoms with Gasteiger partial charge in [-0.15, -0.1) is 0 Å². The second kappa shape index (κ2) is 5.32. The summed E-state index contributed by atoms with van der Waals surface area (Å²) in [5, 5.41) is 10.2. The summed E-state index contributed by atoms with van der Waals surface area (Å²) < 4.78 is 32.1. The number of hydrogen-bond donors (Lipinski definition) is 4. The van der Waals surface area contributed by atoms with Crippen LogP contribution in [0.4, 0.5) is 10.2 Å². The zero-order valence-corrected chi connectivity index (χ0v) is 12.4. The van der Waals surface area contributed by atoms with Crippen molar-refractivity contribution in [1.82, 2.24) is 19.5 Å². The lowest BCUT2D eigenvalue weighted by molar-refractivity contribution is -0.0338. The van der Waals surface area contributed by atoms with E-state index in [1.54, 1.807) is 0 Å². The molecule has 1 aliphatic rings. The van der Waals surface area contributed by atoms with Gasteiger partial charge in [-0.2, -0.15) is 0 Å². The molecule has 0 aromatic carbocycles. The third-order valence-corrected chi connectivity index (χ3v) is 4.04. The summed E-state index contributed by atoms with van der Waals surface area (Å²) in [6, 6.07) is 0. The summed E-state index contributed by atoms with van der Waals surface area (Å²) in [6.07, 6.45) is 0.210. The number of alkyl halides is 1. The van der Waals surface area contributed by atoms with E-state index >= 15 is 4.39 Å². The number of nitrogens with two attached hydrogens (primary N) is 1. The summed E-state index contributed by atoms with van der Waals surface area (Å²) in [5.41, 5.74) is 5.87. The van der Waals surface area contributed by atoms with Crippen molar-refractivity contribution in [2.75, 3.05) is 12.3 Å². The SMILES string of the molecule is Nc1ncnc2c1ncn2[C@@]1(F)CO[C@H](/C=C/P(=O)(O)O)[C@H]1O. The fraction of sp³-hybridized carbons (Fsp3) is 0.364. The first-order chi connectivity index (χ1) is 10.7. The summed E-state index contributed by atoms with van der Waals surface area (Å²) in [6.45, 7) is -0.556. The lowest BCUT2D eigenvalue weighted by atomic mass is 10.1. The van der Waals surface area contributed by atoms with Crippen molar-refractivity contribution < 1.29 is 28.6 Å². The van der Waals surface area contributed by atoms with Gasteiger partial charge in [-0.25, -0.2) is 19.3 Å². The maximum Gasteiger partial charge on any atom is 0.348 e. The van der Waals surface area contributed by atoms with Crippen LogP contribution in [0, 0.1) is 0 Å². The maximum atomic E-state index is 15.2. The smallest absolute Gasteiger partial charge is 0.348 e. The molecule has 0 bridgehead atoms. The molecule has 3 atom stereocenters. The van der Waals surface area contributed by atoms with Gasteiger partial charge in [0.2, 0.25) is 5.79 Å². The van der Waals surface area contributed by atoms with Gasteiger partial charge in [-0.05, 0) is 6.08 Å². The van der Waals surface area contributed by atoms with E-state index in [1.165, 1.54) is 0 Å². The number of imidazole rings is 1. The molecule has 0 spiro atoms. The van der Waals surface area contributed by atoms with Crippen LogP contribution in [-0.2, 0) is 15.1 Å². The molecule has 3 heterocycles. The van der Waals surface area contributed by atoms with Gasteiger partial charge < -0.3 is 25.4 Å². The second-order valence-corrected chi connectivity index (χ2v) is 6.49. The molecule has 124 valence electrons. The standard InChI is InChI=1S/C11H13FN5O5P/c12-11(3-22-6(8(11)18)1-2-23(19,20)21)17-5-16-7-9(13)14-4-15-10(7)17/h1-2,4-6,8,18H,3H2,(H2,13,14,15)(H2,19,20,21)/b2-1+/t6-,8-,11+/m1/s1. The van der Waals surface area contributed by atoms with E-state index in [9.17, 15) is 9.67 Å². The number of ether oxygens (including phenoxy) is 1. The van der Waals surface area contributed by atoms with E-state index in [1.807, 2.05) is 0 Å². The fourth-order valence-corrected chi connectivity index (χ4v) is 2.73. The third kappa shape index (κ3) is 2.73. The maximum absolute atomic E-state index is 15.2. The number of nitrogen functional groups attached to an aromatic ring is 1. The van der Waals surface area contributed by atoms with Crippen molar-refractivity contribution >= 4 is 24.6 Å². The minimum absolute atomic E-state index is 0.0590. The van der Waals surface area contributed by atoms with Crippen molar-refractivity contribution in [2.24, 2.45) is 0 Å². The first kappa shape index (κ1) is 16.0. The molecule has 0 amide bonds. The summed E-state index contributed by atoms with van der Waals surface area (Å²) in [5.74, 6) is -1.80. The van der Waals surface area contributed by atoms with Crippen molar-refractivity contribution in [2.45, 2.75) is 18.0 Å². The fourth-order valence-electron chi connectivity index (χ4n) is 2.34. The lowest BCUT2D eigenvalue weighted by Gasteiger charge is -2.24. The minimum atomic E-state index is -4.44. The van der Waals surface area contributed by atoms with E-state index < -0.39 is 32.2 Å². The minimum Gasteiger partial charge on any atom is -0.385 e. The molecular weight excluding hydrogens is 332 g/mol. The predicted octanol–water partition coefficient (Wildman–Crippen LogP) is -0.518. The van der Waals surface area contributed by atoms with Gasteiger partial charge in [0.25, 0.3) is 0 Å². The zero-order valence-electron chi connectivity index (χ0n) is 11.5. The molecule has 12 heteroatoms. The van der Waals surface area contributed by atoms with Gasteiger partial charge in [0, 0.05) is 5.82 Å². The molecule has 0 aliphatic carbocycles. The monoisotopic (exact) mass is 345 g/mol. The van der Waals surface area contributed by atoms with E-state index in [2.05, 4.69) is 15.0 Å². The van der Waals surface area contributed by atoms with Crippen LogP contribution in [0.1, 0.15) is 0 Å².